The van der Waals surface area contributed by atoms with Crippen LogP contribution in [0.3, 0.4) is 0 Å². The molecule has 0 saturated carbocycles. The summed E-state index contributed by atoms with van der Waals surface area (Å²) < 4.78 is 5.10. The van der Waals surface area contributed by atoms with Gasteiger partial charge in [0.1, 0.15) is 5.75 Å². The number of nitrogens with one attached hydrogen (secondary N) is 1. The van der Waals surface area contributed by atoms with Crippen molar-refractivity contribution < 1.29 is 14.3 Å². The highest BCUT2D eigenvalue weighted by molar-refractivity contribution is 5.83. The molecule has 0 unspecified atom stereocenters. The maximum atomic E-state index is 11.9. The van der Waals surface area contributed by atoms with Crippen LogP contribution in [0.5, 0.6) is 5.75 Å². The van der Waals surface area contributed by atoms with Crippen molar-refractivity contribution >= 4 is 11.8 Å². The molecule has 1 aromatic carbocycles. The molecule has 0 spiro atoms. The maximum Gasteiger partial charge on any atom is 0.239 e. The molecule has 0 aromatic heterocycles. The van der Waals surface area contributed by atoms with Crippen LogP contribution >= 0.6 is 0 Å². The van der Waals surface area contributed by atoms with E-state index in [4.69, 9.17) is 4.74 Å². The molecule has 122 valence electrons. The average molecular weight is 306 g/mol. The van der Waals surface area contributed by atoms with Crippen molar-refractivity contribution in [2.45, 2.75) is 33.1 Å². The third-order valence-electron chi connectivity index (χ3n) is 3.46. The summed E-state index contributed by atoms with van der Waals surface area (Å²) >= 11 is 0. The minimum Gasteiger partial charge on any atom is -0.497 e. The van der Waals surface area contributed by atoms with E-state index < -0.39 is 0 Å². The molecule has 0 saturated heterocycles. The SMILES string of the molecule is CCCCN(CC(=O)NCCc1ccc(OC)cc1)C(C)=O. The predicted octanol–water partition coefficient (Wildman–Crippen LogP) is 2.00. The van der Waals surface area contributed by atoms with Crippen molar-refractivity contribution in [2.24, 2.45) is 0 Å². The Morgan fingerprint density at radius 3 is 2.45 bits per heavy atom. The number of nitrogens with zero attached hydrogens (tertiary/aromatic N) is 1. The second-order valence-electron chi connectivity index (χ2n) is 5.24. The van der Waals surface area contributed by atoms with Crippen LogP contribution in [-0.2, 0) is 16.0 Å². The molecule has 1 rings (SSSR count). The van der Waals surface area contributed by atoms with Crippen molar-refractivity contribution in [1.29, 1.82) is 0 Å². The van der Waals surface area contributed by atoms with E-state index in [2.05, 4.69) is 12.2 Å². The highest BCUT2D eigenvalue weighted by Gasteiger charge is 2.12. The van der Waals surface area contributed by atoms with E-state index in [9.17, 15) is 9.59 Å². The van der Waals surface area contributed by atoms with Gasteiger partial charge in [0, 0.05) is 20.0 Å². The highest BCUT2D eigenvalue weighted by Crippen LogP contribution is 2.11. The largest absolute Gasteiger partial charge is 0.497 e. The van der Waals surface area contributed by atoms with Gasteiger partial charge in [-0.3, -0.25) is 9.59 Å². The standard InChI is InChI=1S/C17H26N2O3/c1-4-5-12-19(14(2)20)13-17(21)18-11-10-15-6-8-16(22-3)9-7-15/h6-9H,4-5,10-13H2,1-3H3,(H,18,21). The topological polar surface area (TPSA) is 58.6 Å². The second kappa shape index (κ2) is 9.82. The summed E-state index contributed by atoms with van der Waals surface area (Å²) in [5, 5.41) is 2.86. The Labute approximate surface area is 132 Å². The number of benzene rings is 1. The third kappa shape index (κ3) is 6.61. The minimum atomic E-state index is -0.111. The van der Waals surface area contributed by atoms with Crippen LogP contribution in [-0.4, -0.2) is 43.5 Å². The van der Waals surface area contributed by atoms with E-state index in [0.29, 0.717) is 13.1 Å². The minimum absolute atomic E-state index is 0.0567. The van der Waals surface area contributed by atoms with Crippen molar-refractivity contribution in [1.82, 2.24) is 10.2 Å². The number of rotatable bonds is 9. The van der Waals surface area contributed by atoms with Gasteiger partial charge in [-0.05, 0) is 30.5 Å². The number of hydrogen-bond donors (Lipinski definition) is 1. The van der Waals surface area contributed by atoms with Gasteiger partial charge in [-0.15, -0.1) is 0 Å². The first-order valence-electron chi connectivity index (χ1n) is 7.72. The van der Waals surface area contributed by atoms with Crippen LogP contribution in [0.2, 0.25) is 0 Å². The average Bonchev–Trinajstić information content (AvgIpc) is 2.51. The molecule has 0 heterocycles. The summed E-state index contributed by atoms with van der Waals surface area (Å²) in [7, 11) is 1.63. The fourth-order valence-corrected chi connectivity index (χ4v) is 2.06. The Morgan fingerprint density at radius 1 is 1.23 bits per heavy atom. The van der Waals surface area contributed by atoms with Gasteiger partial charge >= 0.3 is 0 Å². The first-order chi connectivity index (χ1) is 10.6. The third-order valence-corrected chi connectivity index (χ3v) is 3.46. The Balaban J connectivity index is 2.33. The van der Waals surface area contributed by atoms with Gasteiger partial charge in [0.05, 0.1) is 13.7 Å². The predicted molar refractivity (Wildman–Crippen MR) is 86.9 cm³/mol. The Hall–Kier alpha value is -2.04. The molecule has 2 amide bonds. The van der Waals surface area contributed by atoms with E-state index in [-0.39, 0.29) is 18.4 Å². The molecule has 0 aliphatic heterocycles. The zero-order chi connectivity index (χ0) is 16.4. The number of carbonyl (C=O) groups is 2. The van der Waals surface area contributed by atoms with E-state index in [1.54, 1.807) is 12.0 Å². The lowest BCUT2D eigenvalue weighted by Gasteiger charge is -2.20. The molecule has 5 heteroatoms. The molecule has 1 aromatic rings. The lowest BCUT2D eigenvalue weighted by atomic mass is 10.1. The van der Waals surface area contributed by atoms with Crippen molar-refractivity contribution in [3.05, 3.63) is 29.8 Å². The second-order valence-corrected chi connectivity index (χ2v) is 5.24. The first kappa shape index (κ1) is 18.0. The fourth-order valence-electron chi connectivity index (χ4n) is 2.06. The molecule has 0 bridgehead atoms. The number of unbranched alkanes of at least 4 members (excludes halogenated alkanes) is 1. The number of methoxy groups -OCH3 is 1. The summed E-state index contributed by atoms with van der Waals surface area (Å²) in [6.07, 6.45) is 2.67. The summed E-state index contributed by atoms with van der Waals surface area (Å²) in [5.41, 5.74) is 1.13. The molecular weight excluding hydrogens is 280 g/mol. The summed E-state index contributed by atoms with van der Waals surface area (Å²) in [6.45, 7) is 4.90. The monoisotopic (exact) mass is 306 g/mol. The molecular formula is C17H26N2O3. The van der Waals surface area contributed by atoms with Crippen molar-refractivity contribution in [3.8, 4) is 5.75 Å². The van der Waals surface area contributed by atoms with Gasteiger partial charge in [0.2, 0.25) is 11.8 Å². The Kier molecular flexibility index (Phi) is 8.04. The zero-order valence-electron chi connectivity index (χ0n) is 13.7. The van der Waals surface area contributed by atoms with Gasteiger partial charge in [-0.1, -0.05) is 25.5 Å². The van der Waals surface area contributed by atoms with Crippen LogP contribution in [0.15, 0.2) is 24.3 Å². The Morgan fingerprint density at radius 2 is 1.91 bits per heavy atom. The lowest BCUT2D eigenvalue weighted by Crippen LogP contribution is -2.40. The molecule has 5 nitrogen and oxygen atoms in total. The smallest absolute Gasteiger partial charge is 0.239 e. The van der Waals surface area contributed by atoms with Crippen LogP contribution in [0.4, 0.5) is 0 Å². The van der Waals surface area contributed by atoms with Crippen molar-refractivity contribution in [2.75, 3.05) is 26.7 Å². The summed E-state index contributed by atoms with van der Waals surface area (Å²) in [6, 6.07) is 7.76. The molecule has 22 heavy (non-hydrogen) atoms. The quantitative estimate of drug-likeness (QED) is 0.759. The van der Waals surface area contributed by atoms with Gasteiger partial charge < -0.3 is 15.0 Å². The van der Waals surface area contributed by atoms with E-state index in [1.165, 1.54) is 6.92 Å². The summed E-state index contributed by atoms with van der Waals surface area (Å²) in [5.74, 6) is 0.652. The number of hydrogen-bond acceptors (Lipinski definition) is 3. The number of carbonyl (C=O) groups excluding carboxylic acids is 2. The van der Waals surface area contributed by atoms with Gasteiger partial charge in [-0.2, -0.15) is 0 Å². The lowest BCUT2D eigenvalue weighted by molar-refractivity contribution is -0.134. The first-order valence-corrected chi connectivity index (χ1v) is 7.72. The number of ether oxygens (including phenoxy) is 1. The summed E-state index contributed by atoms with van der Waals surface area (Å²) in [4.78, 5) is 25.0. The highest BCUT2D eigenvalue weighted by atomic mass is 16.5. The van der Waals surface area contributed by atoms with Crippen LogP contribution in [0.1, 0.15) is 32.3 Å². The van der Waals surface area contributed by atoms with Crippen LogP contribution in [0, 0.1) is 0 Å². The molecule has 0 aliphatic carbocycles. The van der Waals surface area contributed by atoms with Gasteiger partial charge in [-0.25, -0.2) is 0 Å². The molecule has 0 aliphatic rings. The van der Waals surface area contributed by atoms with E-state index >= 15 is 0 Å². The molecule has 0 fully saturated rings. The van der Waals surface area contributed by atoms with Gasteiger partial charge in [0.25, 0.3) is 0 Å². The van der Waals surface area contributed by atoms with Gasteiger partial charge in [0.15, 0.2) is 0 Å². The van der Waals surface area contributed by atoms with Crippen LogP contribution in [0.25, 0.3) is 0 Å². The molecule has 1 N–H and O–H groups in total. The molecule has 0 atom stereocenters. The van der Waals surface area contributed by atoms with E-state index in [1.807, 2.05) is 24.3 Å². The Bertz CT molecular complexity index is 471. The maximum absolute atomic E-state index is 11.9. The normalized spacial score (nSPS) is 10.1. The fraction of sp³-hybridized carbons (Fsp3) is 0.529. The van der Waals surface area contributed by atoms with E-state index in [0.717, 1.165) is 30.6 Å². The number of amides is 2. The molecule has 0 radical (unpaired) electrons. The zero-order valence-corrected chi connectivity index (χ0v) is 13.7. The van der Waals surface area contributed by atoms with Crippen molar-refractivity contribution in [3.63, 3.8) is 0 Å². The van der Waals surface area contributed by atoms with Crippen LogP contribution < -0.4 is 10.1 Å².